The third-order valence-electron chi connectivity index (χ3n) is 3.30. The highest BCUT2D eigenvalue weighted by Gasteiger charge is 2.19. The maximum absolute atomic E-state index is 10.8. The molecule has 21 heavy (non-hydrogen) atoms. The van der Waals surface area contributed by atoms with Crippen LogP contribution in [0.1, 0.15) is 25.8 Å². The minimum absolute atomic E-state index is 0.0476. The minimum Gasteiger partial charge on any atom is -0.365 e. The molecule has 0 aliphatic rings. The standard InChI is InChI=1S/C16H19N3O2/c1-16(2,10-8-13-6-4-3-5-7-13)18-15-12-14(19(20)21)9-11-17-15/h3-7,9,11-12H,8,10H2,1-2H3,(H,17,18). The van der Waals surface area contributed by atoms with Crippen LogP contribution in [-0.2, 0) is 6.42 Å². The molecule has 0 aliphatic heterocycles. The molecule has 1 aromatic heterocycles. The molecule has 0 fully saturated rings. The van der Waals surface area contributed by atoms with Gasteiger partial charge in [0.25, 0.3) is 5.69 Å². The first-order chi connectivity index (χ1) is 9.96. The molecule has 1 heterocycles. The van der Waals surface area contributed by atoms with E-state index >= 15 is 0 Å². The fraction of sp³-hybridized carbons (Fsp3) is 0.312. The van der Waals surface area contributed by atoms with Crippen molar-refractivity contribution in [3.05, 3.63) is 64.3 Å². The van der Waals surface area contributed by atoms with Gasteiger partial charge in [0.1, 0.15) is 5.82 Å². The van der Waals surface area contributed by atoms with E-state index < -0.39 is 4.92 Å². The summed E-state index contributed by atoms with van der Waals surface area (Å²) in [7, 11) is 0. The number of aromatic nitrogens is 1. The Kier molecular flexibility index (Phi) is 4.52. The topological polar surface area (TPSA) is 68.1 Å². The van der Waals surface area contributed by atoms with Crippen molar-refractivity contribution in [2.75, 3.05) is 5.32 Å². The summed E-state index contributed by atoms with van der Waals surface area (Å²) in [6.45, 7) is 4.13. The molecule has 2 rings (SSSR count). The van der Waals surface area contributed by atoms with Crippen LogP contribution in [0.5, 0.6) is 0 Å². The van der Waals surface area contributed by atoms with Crippen molar-refractivity contribution in [2.24, 2.45) is 0 Å². The maximum Gasteiger partial charge on any atom is 0.274 e. The smallest absolute Gasteiger partial charge is 0.274 e. The number of nitrogens with one attached hydrogen (secondary N) is 1. The number of hydrogen-bond donors (Lipinski definition) is 1. The van der Waals surface area contributed by atoms with E-state index in [1.54, 1.807) is 0 Å². The molecule has 0 bridgehead atoms. The average molecular weight is 285 g/mol. The first-order valence-electron chi connectivity index (χ1n) is 6.89. The van der Waals surface area contributed by atoms with Crippen molar-refractivity contribution in [3.8, 4) is 0 Å². The second kappa shape index (κ2) is 6.35. The average Bonchev–Trinajstić information content (AvgIpc) is 2.46. The molecule has 0 saturated heterocycles. The van der Waals surface area contributed by atoms with E-state index in [9.17, 15) is 10.1 Å². The van der Waals surface area contributed by atoms with Gasteiger partial charge >= 0.3 is 0 Å². The van der Waals surface area contributed by atoms with Crippen LogP contribution in [0.25, 0.3) is 0 Å². The molecule has 0 unspecified atom stereocenters. The lowest BCUT2D eigenvalue weighted by Crippen LogP contribution is -2.31. The van der Waals surface area contributed by atoms with Gasteiger partial charge in [0, 0.05) is 17.8 Å². The molecule has 0 saturated carbocycles. The van der Waals surface area contributed by atoms with Crippen LogP contribution in [0.4, 0.5) is 11.5 Å². The van der Waals surface area contributed by atoms with Gasteiger partial charge in [-0.1, -0.05) is 30.3 Å². The summed E-state index contributed by atoms with van der Waals surface area (Å²) in [5.74, 6) is 0.530. The van der Waals surface area contributed by atoms with Gasteiger partial charge < -0.3 is 5.32 Å². The Balaban J connectivity index is 2.00. The zero-order valence-corrected chi connectivity index (χ0v) is 12.2. The van der Waals surface area contributed by atoms with Crippen LogP contribution in [0.2, 0.25) is 0 Å². The monoisotopic (exact) mass is 285 g/mol. The van der Waals surface area contributed by atoms with Gasteiger partial charge in [-0.3, -0.25) is 10.1 Å². The fourth-order valence-electron chi connectivity index (χ4n) is 2.11. The molecule has 2 aromatic rings. The number of aryl methyl sites for hydroxylation is 1. The Bertz CT molecular complexity index is 612. The highest BCUT2D eigenvalue weighted by Crippen LogP contribution is 2.21. The first-order valence-corrected chi connectivity index (χ1v) is 6.89. The van der Waals surface area contributed by atoms with Gasteiger partial charge in [0.2, 0.25) is 0 Å². The van der Waals surface area contributed by atoms with Gasteiger partial charge in [-0.25, -0.2) is 4.98 Å². The highest BCUT2D eigenvalue weighted by molar-refractivity contribution is 5.45. The largest absolute Gasteiger partial charge is 0.365 e. The van der Waals surface area contributed by atoms with E-state index in [-0.39, 0.29) is 11.2 Å². The Labute approximate surface area is 124 Å². The third-order valence-corrected chi connectivity index (χ3v) is 3.30. The Hall–Kier alpha value is -2.43. The maximum atomic E-state index is 10.8. The van der Waals surface area contributed by atoms with Crippen molar-refractivity contribution in [1.29, 1.82) is 0 Å². The van der Waals surface area contributed by atoms with E-state index in [0.717, 1.165) is 12.8 Å². The third kappa shape index (κ3) is 4.56. The van der Waals surface area contributed by atoms with Crippen LogP contribution in [0.3, 0.4) is 0 Å². The normalized spacial score (nSPS) is 11.1. The Morgan fingerprint density at radius 2 is 1.95 bits per heavy atom. The molecular weight excluding hydrogens is 266 g/mol. The molecule has 5 nitrogen and oxygen atoms in total. The number of anilines is 1. The molecule has 0 spiro atoms. The molecule has 0 amide bonds. The Morgan fingerprint density at radius 3 is 2.62 bits per heavy atom. The van der Waals surface area contributed by atoms with Gasteiger partial charge in [-0.2, -0.15) is 0 Å². The van der Waals surface area contributed by atoms with Crippen LogP contribution in [-0.4, -0.2) is 15.4 Å². The number of rotatable bonds is 6. The molecule has 1 aromatic carbocycles. The molecule has 110 valence electrons. The Morgan fingerprint density at radius 1 is 1.24 bits per heavy atom. The molecule has 0 atom stereocenters. The van der Waals surface area contributed by atoms with Gasteiger partial charge in [-0.05, 0) is 32.3 Å². The number of benzene rings is 1. The molecule has 1 N–H and O–H groups in total. The SMILES string of the molecule is CC(C)(CCc1ccccc1)Nc1cc([N+](=O)[O-])ccn1. The number of hydrogen-bond acceptors (Lipinski definition) is 4. The summed E-state index contributed by atoms with van der Waals surface area (Å²) in [6, 6.07) is 13.1. The summed E-state index contributed by atoms with van der Waals surface area (Å²) in [5.41, 5.74) is 1.13. The molecule has 5 heteroatoms. The summed E-state index contributed by atoms with van der Waals surface area (Å²) in [5, 5.41) is 14.0. The van der Waals surface area contributed by atoms with E-state index in [1.807, 2.05) is 18.2 Å². The number of pyridine rings is 1. The summed E-state index contributed by atoms with van der Waals surface area (Å²) >= 11 is 0. The lowest BCUT2D eigenvalue weighted by Gasteiger charge is -2.27. The van der Waals surface area contributed by atoms with E-state index in [1.165, 1.54) is 23.9 Å². The zero-order valence-electron chi connectivity index (χ0n) is 12.2. The molecule has 0 radical (unpaired) electrons. The summed E-state index contributed by atoms with van der Waals surface area (Å²) < 4.78 is 0. The molecule has 0 aliphatic carbocycles. The van der Waals surface area contributed by atoms with Gasteiger partial charge in [0.05, 0.1) is 11.0 Å². The van der Waals surface area contributed by atoms with E-state index in [0.29, 0.717) is 5.82 Å². The van der Waals surface area contributed by atoms with Crippen LogP contribution in [0, 0.1) is 10.1 Å². The van der Waals surface area contributed by atoms with E-state index in [2.05, 4.69) is 36.3 Å². The summed E-state index contributed by atoms with van der Waals surface area (Å²) in [4.78, 5) is 14.5. The van der Waals surface area contributed by atoms with Crippen molar-refractivity contribution in [2.45, 2.75) is 32.2 Å². The van der Waals surface area contributed by atoms with Crippen LogP contribution < -0.4 is 5.32 Å². The lowest BCUT2D eigenvalue weighted by molar-refractivity contribution is -0.384. The second-order valence-corrected chi connectivity index (χ2v) is 5.65. The van der Waals surface area contributed by atoms with E-state index in [4.69, 9.17) is 0 Å². The number of nitro groups is 1. The van der Waals surface area contributed by atoms with Gasteiger partial charge in [-0.15, -0.1) is 0 Å². The first kappa shape index (κ1) is 15.0. The highest BCUT2D eigenvalue weighted by atomic mass is 16.6. The lowest BCUT2D eigenvalue weighted by atomic mass is 9.95. The quantitative estimate of drug-likeness (QED) is 0.647. The van der Waals surface area contributed by atoms with Crippen molar-refractivity contribution in [3.63, 3.8) is 0 Å². The zero-order chi connectivity index (χ0) is 15.3. The fourth-order valence-corrected chi connectivity index (χ4v) is 2.11. The number of nitrogens with zero attached hydrogens (tertiary/aromatic N) is 2. The predicted octanol–water partition coefficient (Wildman–Crippen LogP) is 3.81. The van der Waals surface area contributed by atoms with Gasteiger partial charge in [0.15, 0.2) is 0 Å². The van der Waals surface area contributed by atoms with Crippen molar-refractivity contribution >= 4 is 11.5 Å². The predicted molar refractivity (Wildman–Crippen MR) is 83.4 cm³/mol. The molecular formula is C16H19N3O2. The van der Waals surface area contributed by atoms with Crippen LogP contribution >= 0.6 is 0 Å². The van der Waals surface area contributed by atoms with Crippen molar-refractivity contribution in [1.82, 2.24) is 4.98 Å². The van der Waals surface area contributed by atoms with Crippen LogP contribution in [0.15, 0.2) is 48.7 Å². The van der Waals surface area contributed by atoms with Crippen molar-refractivity contribution < 1.29 is 4.92 Å². The minimum atomic E-state index is -0.413. The summed E-state index contributed by atoms with van der Waals surface area (Å²) in [6.07, 6.45) is 3.30. The second-order valence-electron chi connectivity index (χ2n) is 5.65.